The molecule has 0 aliphatic carbocycles. The molecule has 4 heterocycles. The molecular weight excluding hydrogens is 436 g/mol. The Morgan fingerprint density at radius 2 is 1.62 bits per heavy atom. The van der Waals surface area contributed by atoms with Crippen molar-refractivity contribution in [3.05, 3.63) is 46.5 Å². The second-order valence-electron chi connectivity index (χ2n) is 8.77. The molecule has 0 radical (unpaired) electrons. The third kappa shape index (κ3) is 3.86. The summed E-state index contributed by atoms with van der Waals surface area (Å²) < 4.78 is 0.709. The number of aromatic hydroxyl groups is 2. The smallest absolute Gasteiger partial charge is 0.434 e. The quantitative estimate of drug-likeness (QED) is 0.724. The van der Waals surface area contributed by atoms with Gasteiger partial charge in [0.1, 0.15) is 0 Å². The summed E-state index contributed by atoms with van der Waals surface area (Å²) in [5.74, 6) is 0.00149. The first-order valence-electron chi connectivity index (χ1n) is 10.8. The van der Waals surface area contributed by atoms with Crippen molar-refractivity contribution in [3.63, 3.8) is 0 Å². The van der Waals surface area contributed by atoms with Gasteiger partial charge in [-0.2, -0.15) is 0 Å². The molecule has 2 amide bonds. The highest BCUT2D eigenvalue weighted by molar-refractivity contribution is 6.31. The molecule has 0 bridgehead atoms. The van der Waals surface area contributed by atoms with Crippen LogP contribution in [0.5, 0.6) is 11.8 Å². The van der Waals surface area contributed by atoms with E-state index >= 15 is 0 Å². The lowest BCUT2D eigenvalue weighted by Crippen LogP contribution is -2.42. The lowest BCUT2D eigenvalue weighted by molar-refractivity contribution is 0.0651. The van der Waals surface area contributed by atoms with Crippen molar-refractivity contribution in [2.75, 3.05) is 39.3 Å². The molecular formula is C22H25ClN4O5. The van der Waals surface area contributed by atoms with Gasteiger partial charge >= 0.3 is 6.09 Å². The molecule has 170 valence electrons. The van der Waals surface area contributed by atoms with Crippen LogP contribution in [-0.4, -0.2) is 80.9 Å². The zero-order valence-electron chi connectivity index (χ0n) is 17.5. The minimum Gasteiger partial charge on any atom is -0.492 e. The van der Waals surface area contributed by atoms with Crippen LogP contribution >= 0.6 is 11.6 Å². The molecule has 32 heavy (non-hydrogen) atoms. The Morgan fingerprint density at radius 3 is 2.19 bits per heavy atom. The molecule has 2 N–H and O–H groups in total. The molecule has 3 saturated heterocycles. The highest BCUT2D eigenvalue weighted by Gasteiger charge is 2.42. The fraction of sp³-hybridized carbons (Fsp3) is 0.455. The van der Waals surface area contributed by atoms with Gasteiger partial charge in [0, 0.05) is 68.5 Å². The van der Waals surface area contributed by atoms with Gasteiger partial charge in [-0.25, -0.2) is 4.79 Å². The van der Waals surface area contributed by atoms with Crippen LogP contribution in [0.1, 0.15) is 22.3 Å². The number of rotatable bonds is 4. The van der Waals surface area contributed by atoms with Crippen molar-refractivity contribution >= 4 is 23.6 Å². The number of benzene rings is 1. The van der Waals surface area contributed by atoms with Crippen LogP contribution in [0.25, 0.3) is 0 Å². The monoisotopic (exact) mass is 460 g/mol. The Hall–Kier alpha value is -2.91. The van der Waals surface area contributed by atoms with Crippen LogP contribution in [0.3, 0.4) is 0 Å². The van der Waals surface area contributed by atoms with E-state index in [1.807, 2.05) is 17.0 Å². The molecule has 10 heteroatoms. The summed E-state index contributed by atoms with van der Waals surface area (Å²) in [5, 5.41) is 19.9. The third-order valence-electron chi connectivity index (χ3n) is 6.62. The van der Waals surface area contributed by atoms with E-state index in [4.69, 9.17) is 16.4 Å². The first-order valence-corrected chi connectivity index (χ1v) is 11.1. The molecule has 2 unspecified atom stereocenters. The maximum Gasteiger partial charge on any atom is 0.434 e. The second-order valence-corrected chi connectivity index (χ2v) is 9.18. The normalized spacial score (nSPS) is 22.7. The molecule has 1 aromatic carbocycles. The van der Waals surface area contributed by atoms with E-state index in [9.17, 15) is 19.8 Å². The summed E-state index contributed by atoms with van der Waals surface area (Å²) in [6.45, 7) is 5.10. The Bertz CT molecular complexity index is 1020. The first kappa shape index (κ1) is 21.0. The average Bonchev–Trinajstić information content (AvgIpc) is 3.37. The summed E-state index contributed by atoms with van der Waals surface area (Å²) in [6.07, 6.45) is 0.458. The van der Waals surface area contributed by atoms with Gasteiger partial charge in [-0.1, -0.05) is 17.7 Å². The number of halogens is 1. The number of carbonyl (C=O) groups excluding carboxylic acids is 2. The number of carbonyl (C=O) groups is 2. The predicted molar refractivity (Wildman–Crippen MR) is 116 cm³/mol. The lowest BCUT2D eigenvalue weighted by Gasteiger charge is -2.31. The molecule has 0 spiro atoms. The number of nitrogens with zero attached hydrogens (tertiary/aromatic N) is 4. The highest BCUT2D eigenvalue weighted by Crippen LogP contribution is 2.33. The predicted octanol–water partition coefficient (Wildman–Crippen LogP) is 2.01. The maximum absolute atomic E-state index is 12.4. The van der Waals surface area contributed by atoms with Crippen LogP contribution in [0, 0.1) is 11.8 Å². The molecule has 5 rings (SSSR count). The van der Waals surface area contributed by atoms with Crippen LogP contribution in [-0.2, 0) is 6.54 Å². The Morgan fingerprint density at radius 1 is 0.969 bits per heavy atom. The topological polar surface area (TPSA) is 98.5 Å². The molecule has 3 fully saturated rings. The number of aromatic nitrogens is 1. The minimum absolute atomic E-state index is 0.0360. The van der Waals surface area contributed by atoms with Gasteiger partial charge in [0.05, 0.1) is 0 Å². The van der Waals surface area contributed by atoms with Crippen LogP contribution < -0.4 is 4.84 Å². The van der Waals surface area contributed by atoms with Crippen molar-refractivity contribution in [2.24, 2.45) is 11.8 Å². The van der Waals surface area contributed by atoms with E-state index in [0.29, 0.717) is 46.8 Å². The third-order valence-corrected chi connectivity index (χ3v) is 6.98. The van der Waals surface area contributed by atoms with Gasteiger partial charge in [0.25, 0.3) is 5.91 Å². The van der Waals surface area contributed by atoms with E-state index in [2.05, 4.69) is 4.90 Å². The number of hydrogen-bond acceptors (Lipinski definition) is 6. The Kier molecular flexibility index (Phi) is 5.38. The number of likely N-dealkylation sites (tertiary alicyclic amines) is 3. The van der Waals surface area contributed by atoms with Crippen molar-refractivity contribution < 1.29 is 24.6 Å². The maximum atomic E-state index is 12.4. The van der Waals surface area contributed by atoms with Crippen molar-refractivity contribution in [3.8, 4) is 11.8 Å². The highest BCUT2D eigenvalue weighted by atomic mass is 35.5. The van der Waals surface area contributed by atoms with Gasteiger partial charge in [-0.15, -0.1) is 4.73 Å². The number of amides is 2. The van der Waals surface area contributed by atoms with Gasteiger partial charge in [0.15, 0.2) is 0 Å². The fourth-order valence-corrected chi connectivity index (χ4v) is 4.99. The molecule has 0 saturated carbocycles. The first-order chi connectivity index (χ1) is 15.4. The molecule has 2 aromatic rings. The standard InChI is InChI=1S/C22H25ClN4O5/c23-18-8-14(21(30)25-6-1-7-25)2-3-15(18)9-24-10-16-12-26(13-17(16)11-24)22(31)32-27-19(28)4-5-20(27)29/h2-5,8,16-17,28-29H,1,6-7,9-13H2. The molecule has 3 aliphatic heterocycles. The summed E-state index contributed by atoms with van der Waals surface area (Å²) in [6, 6.07) is 8.04. The summed E-state index contributed by atoms with van der Waals surface area (Å²) >= 11 is 6.49. The Labute approximate surface area is 190 Å². The van der Waals surface area contributed by atoms with E-state index < -0.39 is 6.09 Å². The zero-order valence-corrected chi connectivity index (χ0v) is 18.2. The molecule has 3 aliphatic rings. The van der Waals surface area contributed by atoms with Crippen molar-refractivity contribution in [1.29, 1.82) is 0 Å². The lowest BCUT2D eigenvalue weighted by atomic mass is 10.0. The number of fused-ring (bicyclic) bond motifs is 1. The van der Waals surface area contributed by atoms with Gasteiger partial charge in [-0.3, -0.25) is 9.69 Å². The van der Waals surface area contributed by atoms with Crippen LogP contribution in [0.4, 0.5) is 4.79 Å². The van der Waals surface area contributed by atoms with E-state index in [1.165, 1.54) is 12.1 Å². The molecule has 9 nitrogen and oxygen atoms in total. The van der Waals surface area contributed by atoms with Gasteiger partial charge < -0.3 is 24.9 Å². The number of hydrogen-bond donors (Lipinski definition) is 2. The largest absolute Gasteiger partial charge is 0.492 e. The average molecular weight is 461 g/mol. The van der Waals surface area contributed by atoms with Crippen LogP contribution in [0.2, 0.25) is 5.02 Å². The van der Waals surface area contributed by atoms with Crippen molar-refractivity contribution in [2.45, 2.75) is 13.0 Å². The van der Waals surface area contributed by atoms with E-state index in [0.717, 1.165) is 38.2 Å². The Balaban J connectivity index is 1.15. The molecule has 1 aromatic heterocycles. The summed E-state index contributed by atoms with van der Waals surface area (Å²) in [4.78, 5) is 35.7. The van der Waals surface area contributed by atoms with E-state index in [-0.39, 0.29) is 17.7 Å². The molecule has 2 atom stereocenters. The van der Waals surface area contributed by atoms with Crippen LogP contribution in [0.15, 0.2) is 30.3 Å². The van der Waals surface area contributed by atoms with Gasteiger partial charge in [-0.05, 0) is 36.0 Å². The zero-order chi connectivity index (χ0) is 22.4. The fourth-order valence-electron chi connectivity index (χ4n) is 4.75. The van der Waals surface area contributed by atoms with Gasteiger partial charge in [0.2, 0.25) is 11.8 Å². The van der Waals surface area contributed by atoms with E-state index in [1.54, 1.807) is 11.0 Å². The summed E-state index contributed by atoms with van der Waals surface area (Å²) in [5.41, 5.74) is 1.62. The SMILES string of the molecule is O=C(On1c(O)ccc1O)N1CC2CN(Cc3ccc(C(=O)N4CCC4)cc3Cl)CC2C1. The van der Waals surface area contributed by atoms with Crippen molar-refractivity contribution in [1.82, 2.24) is 19.4 Å². The summed E-state index contributed by atoms with van der Waals surface area (Å²) in [7, 11) is 0. The minimum atomic E-state index is -0.599. The second kappa shape index (κ2) is 8.22.